The van der Waals surface area contributed by atoms with Gasteiger partial charge in [0.2, 0.25) is 0 Å². The van der Waals surface area contributed by atoms with Crippen molar-refractivity contribution < 1.29 is 22.8 Å². The quantitative estimate of drug-likeness (QED) is 0.769. The molecule has 0 aliphatic carbocycles. The molecule has 1 aromatic heterocycles. The Morgan fingerprint density at radius 1 is 1.15 bits per heavy atom. The lowest BCUT2D eigenvalue weighted by Gasteiger charge is -2.14. The summed E-state index contributed by atoms with van der Waals surface area (Å²) in [7, 11) is 0. The highest BCUT2D eigenvalue weighted by Crippen LogP contribution is 2.36. The first kappa shape index (κ1) is 19.5. The molecule has 0 radical (unpaired) electrons. The van der Waals surface area contributed by atoms with Crippen LogP contribution in [0.15, 0.2) is 49.1 Å². The van der Waals surface area contributed by atoms with Crippen molar-refractivity contribution in [1.29, 1.82) is 0 Å². The molecule has 0 aliphatic rings. The summed E-state index contributed by atoms with van der Waals surface area (Å²) in [6, 6.07) is 7.03. The number of pyridine rings is 1. The van der Waals surface area contributed by atoms with Gasteiger partial charge in [0.15, 0.2) is 0 Å². The largest absolute Gasteiger partial charge is 0.418 e. The van der Waals surface area contributed by atoms with E-state index < -0.39 is 29.2 Å². The summed E-state index contributed by atoms with van der Waals surface area (Å²) in [5, 5.41) is 4.51. The average molecular weight is 384 g/mol. The Bertz CT molecular complexity index is 853. The minimum Gasteiger partial charge on any atom is -0.347 e. The second-order valence-electron chi connectivity index (χ2n) is 5.05. The van der Waals surface area contributed by atoms with Gasteiger partial charge in [-0.2, -0.15) is 13.2 Å². The topological polar surface area (TPSA) is 71.1 Å². The van der Waals surface area contributed by atoms with Crippen molar-refractivity contribution >= 4 is 29.1 Å². The minimum absolute atomic E-state index is 0.0494. The number of anilines is 1. The first-order valence-electron chi connectivity index (χ1n) is 7.26. The Labute approximate surface area is 151 Å². The van der Waals surface area contributed by atoms with Crippen LogP contribution in [-0.4, -0.2) is 23.3 Å². The Morgan fingerprint density at radius 2 is 1.81 bits per heavy atom. The molecule has 0 aliphatic heterocycles. The smallest absolute Gasteiger partial charge is 0.347 e. The molecule has 0 bridgehead atoms. The van der Waals surface area contributed by atoms with Crippen molar-refractivity contribution in [2.75, 3.05) is 11.9 Å². The summed E-state index contributed by atoms with van der Waals surface area (Å²) >= 11 is 5.60. The fourth-order valence-corrected chi connectivity index (χ4v) is 2.16. The number of carbonyl (C=O) groups excluding carboxylic acids is 2. The van der Waals surface area contributed by atoms with E-state index >= 15 is 0 Å². The Balaban J connectivity index is 2.26. The van der Waals surface area contributed by atoms with Crippen molar-refractivity contribution in [1.82, 2.24) is 10.3 Å². The van der Waals surface area contributed by atoms with E-state index in [-0.39, 0.29) is 23.0 Å². The molecule has 5 nitrogen and oxygen atoms in total. The lowest BCUT2D eigenvalue weighted by molar-refractivity contribution is -0.136. The number of hydrogen-bond donors (Lipinski definition) is 2. The van der Waals surface area contributed by atoms with E-state index in [0.717, 1.165) is 6.07 Å². The van der Waals surface area contributed by atoms with E-state index in [0.29, 0.717) is 6.07 Å². The summed E-state index contributed by atoms with van der Waals surface area (Å²) in [5.41, 5.74) is -1.81. The summed E-state index contributed by atoms with van der Waals surface area (Å²) in [4.78, 5) is 28.0. The van der Waals surface area contributed by atoms with Crippen LogP contribution in [0.5, 0.6) is 0 Å². The van der Waals surface area contributed by atoms with Gasteiger partial charge in [0.05, 0.1) is 11.3 Å². The minimum atomic E-state index is -4.70. The number of hydrogen-bond acceptors (Lipinski definition) is 3. The summed E-state index contributed by atoms with van der Waals surface area (Å²) in [5.74, 6) is -1.43. The number of rotatable bonds is 5. The number of halogens is 4. The van der Waals surface area contributed by atoms with Gasteiger partial charge in [0, 0.05) is 11.6 Å². The third-order valence-electron chi connectivity index (χ3n) is 3.16. The number of alkyl halides is 3. The van der Waals surface area contributed by atoms with Crippen molar-refractivity contribution in [3.63, 3.8) is 0 Å². The van der Waals surface area contributed by atoms with Crippen LogP contribution in [-0.2, 0) is 6.18 Å². The molecule has 1 heterocycles. The highest BCUT2D eigenvalue weighted by atomic mass is 35.5. The lowest BCUT2D eigenvalue weighted by Crippen LogP contribution is -2.25. The number of nitrogens with one attached hydrogen (secondary N) is 2. The molecule has 136 valence electrons. The number of aromatic nitrogens is 1. The second kappa shape index (κ2) is 8.01. The first-order valence-corrected chi connectivity index (χ1v) is 7.64. The molecule has 0 spiro atoms. The van der Waals surface area contributed by atoms with E-state index in [1.54, 1.807) is 0 Å². The molecule has 0 unspecified atom stereocenters. The molecule has 0 atom stereocenters. The monoisotopic (exact) mass is 383 g/mol. The number of nitrogens with zero attached hydrogens (tertiary/aromatic N) is 1. The van der Waals surface area contributed by atoms with E-state index in [2.05, 4.69) is 22.2 Å². The van der Waals surface area contributed by atoms with Crippen LogP contribution in [0.4, 0.5) is 18.9 Å². The standard InChI is InChI=1S/C17H13ClF3N3O2/c1-2-8-22-15(25)13-4-3-5-14(23-13)16(26)24-12-7-6-10(18)9-11(12)17(19,20)21/h2-7,9H,1,8H2,(H,22,25)(H,24,26). The highest BCUT2D eigenvalue weighted by molar-refractivity contribution is 6.30. The molecule has 0 saturated heterocycles. The van der Waals surface area contributed by atoms with Gasteiger partial charge in [-0.1, -0.05) is 23.7 Å². The van der Waals surface area contributed by atoms with Crippen molar-refractivity contribution in [2.45, 2.75) is 6.18 Å². The fraction of sp³-hybridized carbons (Fsp3) is 0.118. The molecule has 0 saturated carbocycles. The van der Waals surface area contributed by atoms with Crippen LogP contribution in [0.2, 0.25) is 5.02 Å². The van der Waals surface area contributed by atoms with Crippen LogP contribution < -0.4 is 10.6 Å². The zero-order valence-electron chi connectivity index (χ0n) is 13.2. The van der Waals surface area contributed by atoms with Gasteiger partial charge in [-0.15, -0.1) is 6.58 Å². The van der Waals surface area contributed by atoms with Gasteiger partial charge in [0.25, 0.3) is 11.8 Å². The maximum atomic E-state index is 13.1. The van der Waals surface area contributed by atoms with Crippen LogP contribution in [0.3, 0.4) is 0 Å². The Hall–Kier alpha value is -2.87. The van der Waals surface area contributed by atoms with E-state index in [9.17, 15) is 22.8 Å². The summed E-state index contributed by atoms with van der Waals surface area (Å²) < 4.78 is 39.2. The summed E-state index contributed by atoms with van der Waals surface area (Å²) in [6.45, 7) is 3.66. The van der Waals surface area contributed by atoms with Gasteiger partial charge in [-0.25, -0.2) is 4.98 Å². The van der Waals surface area contributed by atoms with Gasteiger partial charge < -0.3 is 10.6 Å². The van der Waals surface area contributed by atoms with E-state index in [1.165, 1.54) is 30.3 Å². The number of amides is 2. The molecular weight excluding hydrogens is 371 g/mol. The lowest BCUT2D eigenvalue weighted by atomic mass is 10.1. The Kier molecular flexibility index (Phi) is 5.99. The zero-order chi connectivity index (χ0) is 19.3. The maximum absolute atomic E-state index is 13.1. The van der Waals surface area contributed by atoms with Crippen LogP contribution in [0, 0.1) is 0 Å². The van der Waals surface area contributed by atoms with Crippen LogP contribution in [0.25, 0.3) is 0 Å². The van der Waals surface area contributed by atoms with E-state index in [1.807, 2.05) is 0 Å². The highest BCUT2D eigenvalue weighted by Gasteiger charge is 2.34. The third kappa shape index (κ3) is 4.82. The maximum Gasteiger partial charge on any atom is 0.418 e. The van der Waals surface area contributed by atoms with Gasteiger partial charge in [-0.3, -0.25) is 9.59 Å². The second-order valence-corrected chi connectivity index (χ2v) is 5.48. The van der Waals surface area contributed by atoms with Crippen LogP contribution in [0.1, 0.15) is 26.5 Å². The first-order chi connectivity index (χ1) is 12.2. The van der Waals surface area contributed by atoms with Crippen molar-refractivity contribution in [3.05, 3.63) is 71.0 Å². The predicted molar refractivity (Wildman–Crippen MR) is 91.2 cm³/mol. The van der Waals surface area contributed by atoms with Gasteiger partial charge in [0.1, 0.15) is 11.4 Å². The number of benzene rings is 1. The molecule has 26 heavy (non-hydrogen) atoms. The third-order valence-corrected chi connectivity index (χ3v) is 3.39. The molecule has 2 N–H and O–H groups in total. The Morgan fingerprint density at radius 3 is 2.42 bits per heavy atom. The molecule has 0 fully saturated rings. The van der Waals surface area contributed by atoms with Gasteiger partial charge >= 0.3 is 6.18 Å². The predicted octanol–water partition coefficient (Wildman–Crippen LogP) is 3.92. The van der Waals surface area contributed by atoms with Crippen molar-refractivity contribution in [2.24, 2.45) is 0 Å². The number of carbonyl (C=O) groups is 2. The SMILES string of the molecule is C=CCNC(=O)c1cccc(C(=O)Nc2ccc(Cl)cc2C(F)(F)F)n1. The van der Waals surface area contributed by atoms with Gasteiger partial charge in [-0.05, 0) is 30.3 Å². The summed E-state index contributed by atoms with van der Waals surface area (Å²) in [6.07, 6.45) is -3.24. The zero-order valence-corrected chi connectivity index (χ0v) is 14.0. The molecule has 1 aromatic carbocycles. The van der Waals surface area contributed by atoms with Crippen molar-refractivity contribution in [3.8, 4) is 0 Å². The molecular formula is C17H13ClF3N3O2. The van der Waals surface area contributed by atoms with E-state index in [4.69, 9.17) is 11.6 Å². The fourth-order valence-electron chi connectivity index (χ4n) is 1.99. The van der Waals surface area contributed by atoms with Crippen LogP contribution >= 0.6 is 11.6 Å². The molecule has 2 amide bonds. The molecule has 9 heteroatoms. The molecule has 2 rings (SSSR count). The average Bonchev–Trinajstić information content (AvgIpc) is 2.60. The normalized spacial score (nSPS) is 10.9. The molecule has 2 aromatic rings.